The quantitative estimate of drug-likeness (QED) is 0.829. The summed E-state index contributed by atoms with van der Waals surface area (Å²) in [5.41, 5.74) is 1.74. The molecule has 0 aliphatic rings. The van der Waals surface area contributed by atoms with Crippen LogP contribution in [0.2, 0.25) is 0 Å². The van der Waals surface area contributed by atoms with Crippen LogP contribution < -0.4 is 0 Å². The van der Waals surface area contributed by atoms with Gasteiger partial charge >= 0.3 is 0 Å². The van der Waals surface area contributed by atoms with E-state index in [9.17, 15) is 4.79 Å². The lowest BCUT2D eigenvalue weighted by Crippen LogP contribution is -2.29. The highest BCUT2D eigenvalue weighted by atomic mass is 16.2. The third kappa shape index (κ3) is 2.42. The fraction of sp³-hybridized carbons (Fsp3) is 0.286. The van der Waals surface area contributed by atoms with Gasteiger partial charge in [0.15, 0.2) is 0 Å². The first-order chi connectivity index (χ1) is 8.59. The van der Waals surface area contributed by atoms with Gasteiger partial charge in [0.1, 0.15) is 0 Å². The summed E-state index contributed by atoms with van der Waals surface area (Å²) in [6, 6.07) is 10.0. The van der Waals surface area contributed by atoms with Crippen molar-refractivity contribution in [3.63, 3.8) is 0 Å². The molecule has 0 radical (unpaired) electrons. The molecule has 2 aromatic rings. The predicted molar refractivity (Wildman–Crippen MR) is 70.2 cm³/mol. The summed E-state index contributed by atoms with van der Waals surface area (Å²) in [5.74, 6) is -0.0144. The van der Waals surface area contributed by atoms with Gasteiger partial charge in [-0.3, -0.25) is 9.48 Å². The van der Waals surface area contributed by atoms with Crippen molar-refractivity contribution in [3.8, 4) is 0 Å². The normalized spacial score (nSPS) is 12.2. The minimum atomic E-state index is -0.0144. The third-order valence-electron chi connectivity index (χ3n) is 3.14. The highest BCUT2D eigenvalue weighted by molar-refractivity contribution is 5.93. The Morgan fingerprint density at radius 3 is 2.56 bits per heavy atom. The largest absolute Gasteiger partial charge is 0.335 e. The van der Waals surface area contributed by atoms with Crippen LogP contribution in [0.3, 0.4) is 0 Å². The van der Waals surface area contributed by atoms with Crippen molar-refractivity contribution in [3.05, 3.63) is 53.9 Å². The lowest BCUT2D eigenvalue weighted by atomic mass is 10.1. The number of amides is 1. The van der Waals surface area contributed by atoms with Crippen LogP contribution in [0.1, 0.15) is 28.9 Å². The van der Waals surface area contributed by atoms with Gasteiger partial charge in [-0.1, -0.05) is 30.3 Å². The summed E-state index contributed by atoms with van der Waals surface area (Å²) in [5, 5.41) is 4.02. The first kappa shape index (κ1) is 12.4. The van der Waals surface area contributed by atoms with Gasteiger partial charge in [0, 0.05) is 20.3 Å². The van der Waals surface area contributed by atoms with E-state index in [1.807, 2.05) is 44.3 Å². The molecule has 0 saturated heterocycles. The number of rotatable bonds is 3. The van der Waals surface area contributed by atoms with Crippen molar-refractivity contribution < 1.29 is 4.79 Å². The molecule has 2 rings (SSSR count). The average Bonchev–Trinajstić information content (AvgIpc) is 2.84. The SMILES string of the molecule is CC(c1ccccc1)N(C)C(=O)c1cnn(C)c1. The second-order valence-corrected chi connectivity index (χ2v) is 4.41. The van der Waals surface area contributed by atoms with Gasteiger partial charge in [0.25, 0.3) is 5.91 Å². The van der Waals surface area contributed by atoms with Crippen LogP contribution in [0, 0.1) is 0 Å². The molecule has 0 aliphatic heterocycles. The lowest BCUT2D eigenvalue weighted by molar-refractivity contribution is 0.0742. The standard InChI is InChI=1S/C14H17N3O/c1-11(12-7-5-4-6-8-12)17(3)14(18)13-9-15-16(2)10-13/h4-11H,1-3H3. The Morgan fingerprint density at radius 1 is 1.33 bits per heavy atom. The average molecular weight is 243 g/mol. The first-order valence-corrected chi connectivity index (χ1v) is 5.90. The molecule has 18 heavy (non-hydrogen) atoms. The zero-order chi connectivity index (χ0) is 13.1. The molecule has 1 unspecified atom stereocenters. The van der Waals surface area contributed by atoms with Crippen LogP contribution >= 0.6 is 0 Å². The van der Waals surface area contributed by atoms with E-state index in [0.717, 1.165) is 5.56 Å². The van der Waals surface area contributed by atoms with Crippen molar-refractivity contribution >= 4 is 5.91 Å². The molecule has 1 amide bonds. The second-order valence-electron chi connectivity index (χ2n) is 4.41. The van der Waals surface area contributed by atoms with Gasteiger partial charge in [-0.2, -0.15) is 5.10 Å². The van der Waals surface area contributed by atoms with E-state index < -0.39 is 0 Å². The number of aryl methyl sites for hydroxylation is 1. The fourth-order valence-electron chi connectivity index (χ4n) is 1.87. The third-order valence-corrected chi connectivity index (χ3v) is 3.14. The minimum Gasteiger partial charge on any atom is -0.335 e. The van der Waals surface area contributed by atoms with E-state index in [0.29, 0.717) is 5.56 Å². The van der Waals surface area contributed by atoms with Crippen LogP contribution in [-0.2, 0) is 7.05 Å². The summed E-state index contributed by atoms with van der Waals surface area (Å²) in [4.78, 5) is 14.0. The Balaban J connectivity index is 2.16. The maximum Gasteiger partial charge on any atom is 0.257 e. The number of nitrogens with zero attached hydrogens (tertiary/aromatic N) is 3. The first-order valence-electron chi connectivity index (χ1n) is 5.90. The molecule has 1 aromatic heterocycles. The molecule has 94 valence electrons. The van der Waals surface area contributed by atoms with E-state index in [1.165, 1.54) is 0 Å². The molecule has 0 spiro atoms. The zero-order valence-corrected chi connectivity index (χ0v) is 10.9. The number of carbonyl (C=O) groups is 1. The van der Waals surface area contributed by atoms with Crippen LogP contribution in [0.15, 0.2) is 42.7 Å². The van der Waals surface area contributed by atoms with Gasteiger partial charge < -0.3 is 4.90 Å². The highest BCUT2D eigenvalue weighted by Crippen LogP contribution is 2.19. The summed E-state index contributed by atoms with van der Waals surface area (Å²) in [6.07, 6.45) is 3.33. The van der Waals surface area contributed by atoms with Gasteiger partial charge in [-0.05, 0) is 12.5 Å². The van der Waals surface area contributed by atoms with Crippen LogP contribution in [0.5, 0.6) is 0 Å². The predicted octanol–water partition coefficient (Wildman–Crippen LogP) is 2.25. The summed E-state index contributed by atoms with van der Waals surface area (Å²) in [7, 11) is 3.62. The molecule has 1 aromatic carbocycles. The molecule has 0 bridgehead atoms. The number of hydrogen-bond donors (Lipinski definition) is 0. The number of carbonyl (C=O) groups excluding carboxylic acids is 1. The molecule has 0 saturated carbocycles. The molecule has 4 heteroatoms. The Kier molecular flexibility index (Phi) is 3.46. The van der Waals surface area contributed by atoms with Crippen molar-refractivity contribution in [2.45, 2.75) is 13.0 Å². The van der Waals surface area contributed by atoms with E-state index in [4.69, 9.17) is 0 Å². The van der Waals surface area contributed by atoms with Crippen molar-refractivity contribution in [1.82, 2.24) is 14.7 Å². The highest BCUT2D eigenvalue weighted by Gasteiger charge is 2.19. The Morgan fingerprint density at radius 2 is 2.00 bits per heavy atom. The lowest BCUT2D eigenvalue weighted by Gasteiger charge is -2.24. The van der Waals surface area contributed by atoms with Gasteiger partial charge in [-0.15, -0.1) is 0 Å². The van der Waals surface area contributed by atoms with Gasteiger partial charge in [0.2, 0.25) is 0 Å². The monoisotopic (exact) mass is 243 g/mol. The maximum absolute atomic E-state index is 12.2. The molecule has 0 aliphatic carbocycles. The van der Waals surface area contributed by atoms with Crippen LogP contribution in [0.25, 0.3) is 0 Å². The van der Waals surface area contributed by atoms with Crippen molar-refractivity contribution in [1.29, 1.82) is 0 Å². The number of hydrogen-bond acceptors (Lipinski definition) is 2. The molecular weight excluding hydrogens is 226 g/mol. The van der Waals surface area contributed by atoms with E-state index in [1.54, 1.807) is 29.0 Å². The molecule has 0 fully saturated rings. The van der Waals surface area contributed by atoms with Crippen LogP contribution in [0.4, 0.5) is 0 Å². The van der Waals surface area contributed by atoms with Crippen molar-refractivity contribution in [2.75, 3.05) is 7.05 Å². The number of aromatic nitrogens is 2. The van der Waals surface area contributed by atoms with E-state index in [-0.39, 0.29) is 11.9 Å². The molecular formula is C14H17N3O. The molecule has 1 atom stereocenters. The van der Waals surface area contributed by atoms with Gasteiger partial charge in [0.05, 0.1) is 17.8 Å². The Labute approximate surface area is 107 Å². The van der Waals surface area contributed by atoms with Crippen LogP contribution in [-0.4, -0.2) is 27.6 Å². The Bertz CT molecular complexity index is 533. The Hall–Kier alpha value is -2.10. The molecule has 0 N–H and O–H groups in total. The summed E-state index contributed by atoms with van der Waals surface area (Å²) < 4.78 is 1.63. The number of benzene rings is 1. The van der Waals surface area contributed by atoms with Gasteiger partial charge in [-0.25, -0.2) is 0 Å². The van der Waals surface area contributed by atoms with E-state index in [2.05, 4.69) is 5.10 Å². The fourth-order valence-corrected chi connectivity index (χ4v) is 1.87. The summed E-state index contributed by atoms with van der Waals surface area (Å²) in [6.45, 7) is 2.02. The second kappa shape index (κ2) is 5.04. The smallest absolute Gasteiger partial charge is 0.257 e. The summed E-state index contributed by atoms with van der Waals surface area (Å²) >= 11 is 0. The zero-order valence-electron chi connectivity index (χ0n) is 10.9. The van der Waals surface area contributed by atoms with E-state index >= 15 is 0 Å². The minimum absolute atomic E-state index is 0.0144. The molecule has 1 heterocycles. The maximum atomic E-state index is 12.2. The van der Waals surface area contributed by atoms with Crippen molar-refractivity contribution in [2.24, 2.45) is 7.05 Å². The molecule has 4 nitrogen and oxygen atoms in total. The topological polar surface area (TPSA) is 38.1 Å².